The van der Waals surface area contributed by atoms with E-state index in [2.05, 4.69) is 26.2 Å². The molecule has 4 nitrogen and oxygen atoms in total. The van der Waals surface area contributed by atoms with Gasteiger partial charge in [-0.3, -0.25) is 4.79 Å². The molecule has 68 valence electrons. The van der Waals surface area contributed by atoms with E-state index < -0.39 is 0 Å². The lowest BCUT2D eigenvalue weighted by atomic mass is 10.1. The molecule has 0 radical (unpaired) electrons. The van der Waals surface area contributed by atoms with Crippen molar-refractivity contribution < 1.29 is 4.79 Å². The third-order valence-electron chi connectivity index (χ3n) is 1.95. The summed E-state index contributed by atoms with van der Waals surface area (Å²) in [6.07, 6.45) is 1.18. The number of carbonyl (C=O) groups is 1. The molecule has 5 heteroatoms. The Balaban J connectivity index is 2.49. The maximum Gasteiger partial charge on any atom is 0.224 e. The Morgan fingerprint density at radius 3 is 3.08 bits per heavy atom. The van der Waals surface area contributed by atoms with Crippen molar-refractivity contribution in [3.05, 3.63) is 16.4 Å². The molecule has 1 aliphatic rings. The molecule has 0 saturated carbocycles. The summed E-state index contributed by atoms with van der Waals surface area (Å²) in [5.74, 6) is 0.0241. The van der Waals surface area contributed by atoms with Crippen LogP contribution in [0.1, 0.15) is 12.1 Å². The fraction of sp³-hybridized carbons (Fsp3) is 0.250. The van der Waals surface area contributed by atoms with Gasteiger partial charge in [0.05, 0.1) is 17.1 Å². The van der Waals surface area contributed by atoms with Crippen molar-refractivity contribution in [1.29, 1.82) is 0 Å². The van der Waals surface area contributed by atoms with Crippen LogP contribution in [0.2, 0.25) is 0 Å². The van der Waals surface area contributed by atoms with Gasteiger partial charge < -0.3 is 11.1 Å². The van der Waals surface area contributed by atoms with Crippen LogP contribution < -0.4 is 11.1 Å². The van der Waals surface area contributed by atoms with Crippen molar-refractivity contribution in [1.82, 2.24) is 4.98 Å². The van der Waals surface area contributed by atoms with Crippen LogP contribution in [0.5, 0.6) is 0 Å². The molecule has 2 heterocycles. The standard InChI is InChI=1S/C8H8BrN3O/c9-8-4(10)3-6-5(12-8)1-2-7(13)11-6/h3H,1-2,10H2,(H,11,13). The number of nitrogens with one attached hydrogen (secondary N) is 1. The van der Waals surface area contributed by atoms with E-state index in [0.29, 0.717) is 23.1 Å². The first-order valence-corrected chi connectivity index (χ1v) is 4.71. The van der Waals surface area contributed by atoms with Crippen molar-refractivity contribution in [2.24, 2.45) is 0 Å². The topological polar surface area (TPSA) is 68.0 Å². The monoisotopic (exact) mass is 241 g/mol. The van der Waals surface area contributed by atoms with Crippen molar-refractivity contribution >= 4 is 33.2 Å². The molecule has 2 rings (SSSR count). The summed E-state index contributed by atoms with van der Waals surface area (Å²) in [4.78, 5) is 15.3. The van der Waals surface area contributed by atoms with E-state index in [-0.39, 0.29) is 5.91 Å². The number of nitrogens with two attached hydrogens (primary N) is 1. The summed E-state index contributed by atoms with van der Waals surface area (Å²) in [6.45, 7) is 0. The molecule has 0 unspecified atom stereocenters. The molecule has 1 aromatic rings. The zero-order valence-corrected chi connectivity index (χ0v) is 8.39. The Morgan fingerprint density at radius 1 is 1.54 bits per heavy atom. The molecule has 13 heavy (non-hydrogen) atoms. The number of halogens is 1. The fourth-order valence-corrected chi connectivity index (χ4v) is 1.61. The summed E-state index contributed by atoms with van der Waals surface area (Å²) in [7, 11) is 0. The lowest BCUT2D eigenvalue weighted by Gasteiger charge is -2.16. The number of carbonyl (C=O) groups excluding carboxylic acids is 1. The smallest absolute Gasteiger partial charge is 0.224 e. The maximum atomic E-state index is 11.0. The van der Waals surface area contributed by atoms with E-state index in [0.717, 1.165) is 11.4 Å². The summed E-state index contributed by atoms with van der Waals surface area (Å²) in [5.41, 5.74) is 7.79. The Hall–Kier alpha value is -1.10. The van der Waals surface area contributed by atoms with Crippen molar-refractivity contribution in [3.63, 3.8) is 0 Å². The number of aryl methyl sites for hydroxylation is 1. The molecule has 1 aromatic heterocycles. The van der Waals surface area contributed by atoms with Crippen LogP contribution in [0.3, 0.4) is 0 Å². The molecule has 0 saturated heterocycles. The minimum absolute atomic E-state index is 0.0241. The highest BCUT2D eigenvalue weighted by atomic mass is 79.9. The van der Waals surface area contributed by atoms with Gasteiger partial charge in [0.2, 0.25) is 5.91 Å². The Bertz CT molecular complexity index is 378. The first-order valence-electron chi connectivity index (χ1n) is 3.91. The number of aromatic nitrogens is 1. The molecule has 0 aromatic carbocycles. The second kappa shape index (κ2) is 2.99. The molecule has 0 spiro atoms. The highest BCUT2D eigenvalue weighted by Gasteiger charge is 2.17. The Kier molecular flexibility index (Phi) is 1.95. The van der Waals surface area contributed by atoms with Gasteiger partial charge in [-0.2, -0.15) is 0 Å². The van der Waals surface area contributed by atoms with Gasteiger partial charge in [0, 0.05) is 12.8 Å². The van der Waals surface area contributed by atoms with Gasteiger partial charge in [0.15, 0.2) is 0 Å². The number of nitrogens with zero attached hydrogens (tertiary/aromatic N) is 1. The van der Waals surface area contributed by atoms with Crippen LogP contribution in [-0.4, -0.2) is 10.9 Å². The number of anilines is 2. The van der Waals surface area contributed by atoms with Crippen molar-refractivity contribution in [2.45, 2.75) is 12.8 Å². The largest absolute Gasteiger partial charge is 0.396 e. The third-order valence-corrected chi connectivity index (χ3v) is 2.58. The van der Waals surface area contributed by atoms with Gasteiger partial charge in [-0.05, 0) is 22.0 Å². The van der Waals surface area contributed by atoms with E-state index in [4.69, 9.17) is 5.73 Å². The van der Waals surface area contributed by atoms with E-state index in [1.54, 1.807) is 6.07 Å². The number of fused-ring (bicyclic) bond motifs is 1. The molecular formula is C8H8BrN3O. The molecular weight excluding hydrogens is 234 g/mol. The highest BCUT2D eigenvalue weighted by Crippen LogP contribution is 2.27. The zero-order chi connectivity index (χ0) is 9.42. The van der Waals surface area contributed by atoms with E-state index in [1.165, 1.54) is 0 Å². The maximum absolute atomic E-state index is 11.0. The molecule has 0 fully saturated rings. The molecule has 1 aliphatic heterocycles. The van der Waals surface area contributed by atoms with E-state index >= 15 is 0 Å². The normalized spacial score (nSPS) is 15.0. The Labute approximate surface area is 83.7 Å². The number of nitrogen functional groups attached to an aromatic ring is 1. The highest BCUT2D eigenvalue weighted by molar-refractivity contribution is 9.10. The van der Waals surface area contributed by atoms with Crippen LogP contribution in [0.15, 0.2) is 10.7 Å². The number of amides is 1. The van der Waals surface area contributed by atoms with Crippen molar-refractivity contribution in [3.8, 4) is 0 Å². The van der Waals surface area contributed by atoms with Crippen molar-refractivity contribution in [2.75, 3.05) is 11.1 Å². The average molecular weight is 242 g/mol. The van der Waals surface area contributed by atoms with Gasteiger partial charge in [-0.1, -0.05) is 0 Å². The second-order valence-corrected chi connectivity index (χ2v) is 3.66. The lowest BCUT2D eigenvalue weighted by Crippen LogP contribution is -2.20. The Morgan fingerprint density at radius 2 is 2.31 bits per heavy atom. The zero-order valence-electron chi connectivity index (χ0n) is 6.80. The minimum atomic E-state index is 0.0241. The lowest BCUT2D eigenvalue weighted by molar-refractivity contribution is -0.116. The SMILES string of the molecule is Nc1cc2c(nc1Br)CCC(=O)N2. The van der Waals surface area contributed by atoms with Gasteiger partial charge in [-0.25, -0.2) is 4.98 Å². The minimum Gasteiger partial charge on any atom is -0.396 e. The van der Waals surface area contributed by atoms with E-state index in [9.17, 15) is 4.79 Å². The van der Waals surface area contributed by atoms with Crippen LogP contribution in [0, 0.1) is 0 Å². The van der Waals surface area contributed by atoms with E-state index in [1.807, 2.05) is 0 Å². The first kappa shape index (κ1) is 8.50. The fourth-order valence-electron chi connectivity index (χ4n) is 1.29. The summed E-state index contributed by atoms with van der Waals surface area (Å²) in [5, 5.41) is 2.73. The quantitative estimate of drug-likeness (QED) is 0.674. The molecule has 0 atom stereocenters. The molecule has 0 aliphatic carbocycles. The molecule has 3 N–H and O–H groups in total. The average Bonchev–Trinajstić information content (AvgIpc) is 2.08. The summed E-state index contributed by atoms with van der Waals surface area (Å²) < 4.78 is 0.641. The van der Waals surface area contributed by atoms with Crippen LogP contribution in [0.25, 0.3) is 0 Å². The van der Waals surface area contributed by atoms with Gasteiger partial charge in [0.1, 0.15) is 4.60 Å². The van der Waals surface area contributed by atoms with Gasteiger partial charge in [0.25, 0.3) is 0 Å². The number of rotatable bonds is 0. The number of pyridine rings is 1. The number of hydrogen-bond donors (Lipinski definition) is 2. The third kappa shape index (κ3) is 1.51. The van der Waals surface area contributed by atoms with Crippen LogP contribution >= 0.6 is 15.9 Å². The van der Waals surface area contributed by atoms with Gasteiger partial charge in [-0.15, -0.1) is 0 Å². The molecule has 0 bridgehead atoms. The predicted molar refractivity (Wildman–Crippen MR) is 53.3 cm³/mol. The second-order valence-electron chi connectivity index (χ2n) is 2.91. The van der Waals surface area contributed by atoms with Crippen LogP contribution in [-0.2, 0) is 11.2 Å². The van der Waals surface area contributed by atoms with Gasteiger partial charge >= 0.3 is 0 Å². The first-order chi connectivity index (χ1) is 6.16. The number of hydrogen-bond acceptors (Lipinski definition) is 3. The molecule has 1 amide bonds. The predicted octanol–water partition coefficient (Wildman–Crippen LogP) is 1.31. The summed E-state index contributed by atoms with van der Waals surface area (Å²) in [6, 6.07) is 1.73. The van der Waals surface area contributed by atoms with Crippen LogP contribution in [0.4, 0.5) is 11.4 Å². The summed E-state index contributed by atoms with van der Waals surface area (Å²) >= 11 is 3.24.